The lowest BCUT2D eigenvalue weighted by molar-refractivity contribution is 0.00341. The van der Waals surface area contributed by atoms with Gasteiger partial charge < -0.3 is 14.4 Å². The molecule has 1 atom stereocenters. The van der Waals surface area contributed by atoms with Crippen molar-refractivity contribution >= 4 is 35.1 Å². The van der Waals surface area contributed by atoms with Gasteiger partial charge in [-0.25, -0.2) is 4.79 Å². The molecule has 3 aromatic carbocycles. The van der Waals surface area contributed by atoms with Crippen LogP contribution < -0.4 is 0 Å². The van der Waals surface area contributed by atoms with Gasteiger partial charge in [0, 0.05) is 37.7 Å². The Morgan fingerprint density at radius 2 is 1.56 bits per heavy atom. The van der Waals surface area contributed by atoms with E-state index >= 15 is 0 Å². The minimum atomic E-state index is -0.367. The largest absolute Gasteiger partial charge is 0.465 e. The molecule has 1 aliphatic rings. The lowest BCUT2D eigenvalue weighted by Crippen LogP contribution is -2.49. The molecule has 1 fully saturated rings. The molecule has 36 heavy (non-hydrogen) atoms. The second-order valence-electron chi connectivity index (χ2n) is 8.61. The van der Waals surface area contributed by atoms with E-state index in [1.807, 2.05) is 53.4 Å². The predicted molar refractivity (Wildman–Crippen MR) is 141 cm³/mol. The van der Waals surface area contributed by atoms with E-state index in [0.29, 0.717) is 47.4 Å². The second kappa shape index (κ2) is 12.4. The number of methoxy groups -OCH3 is 1. The lowest BCUT2D eigenvalue weighted by atomic mass is 10.1. The lowest BCUT2D eigenvalue weighted by Gasteiger charge is -2.36. The van der Waals surface area contributed by atoms with Gasteiger partial charge in [-0.2, -0.15) is 0 Å². The summed E-state index contributed by atoms with van der Waals surface area (Å²) in [5.74, 6) is -0.408. The summed E-state index contributed by atoms with van der Waals surface area (Å²) in [6.45, 7) is 3.77. The van der Waals surface area contributed by atoms with E-state index in [0.717, 1.165) is 24.2 Å². The third-order valence-electron chi connectivity index (χ3n) is 6.26. The fourth-order valence-corrected chi connectivity index (χ4v) is 4.50. The molecule has 3 aromatic rings. The molecule has 0 unspecified atom stereocenters. The molecular weight excluding hydrogens is 499 g/mol. The highest BCUT2D eigenvalue weighted by Crippen LogP contribution is 2.24. The fraction of sp³-hybridized carbons (Fsp3) is 0.286. The van der Waals surface area contributed by atoms with E-state index in [1.54, 1.807) is 24.3 Å². The zero-order valence-electron chi connectivity index (χ0n) is 20.0. The molecule has 1 saturated heterocycles. The van der Waals surface area contributed by atoms with Gasteiger partial charge in [0.2, 0.25) is 0 Å². The zero-order valence-corrected chi connectivity index (χ0v) is 21.5. The van der Waals surface area contributed by atoms with Crippen LogP contribution in [-0.2, 0) is 16.1 Å². The average Bonchev–Trinajstić information content (AvgIpc) is 2.91. The molecule has 0 radical (unpaired) electrons. The van der Waals surface area contributed by atoms with Crippen LogP contribution in [0.4, 0.5) is 0 Å². The van der Waals surface area contributed by atoms with Crippen LogP contribution in [0.3, 0.4) is 0 Å². The number of hydrogen-bond donors (Lipinski definition) is 0. The van der Waals surface area contributed by atoms with Crippen LogP contribution in [0, 0.1) is 0 Å². The molecule has 6 nitrogen and oxygen atoms in total. The highest BCUT2D eigenvalue weighted by Gasteiger charge is 2.26. The van der Waals surface area contributed by atoms with E-state index in [-0.39, 0.29) is 18.0 Å². The summed E-state index contributed by atoms with van der Waals surface area (Å²) in [6.07, 6.45) is -0.187. The molecule has 0 N–H and O–H groups in total. The van der Waals surface area contributed by atoms with Gasteiger partial charge in [-0.15, -0.1) is 0 Å². The predicted octanol–water partition coefficient (Wildman–Crippen LogP) is 5.50. The van der Waals surface area contributed by atoms with E-state index in [4.69, 9.17) is 32.7 Å². The third-order valence-corrected chi connectivity index (χ3v) is 6.84. The van der Waals surface area contributed by atoms with E-state index < -0.39 is 0 Å². The number of nitrogens with zero attached hydrogens (tertiary/aromatic N) is 2. The first kappa shape index (κ1) is 26.2. The number of rotatable bonds is 8. The number of halogens is 2. The van der Waals surface area contributed by atoms with Gasteiger partial charge in [-0.1, -0.05) is 59.6 Å². The quantitative estimate of drug-likeness (QED) is 0.363. The summed E-state index contributed by atoms with van der Waals surface area (Å²) < 4.78 is 11.1. The van der Waals surface area contributed by atoms with Gasteiger partial charge in [0.25, 0.3) is 5.91 Å². The molecular formula is C28H28Cl2N2O4. The van der Waals surface area contributed by atoms with Crippen LogP contribution in [-0.4, -0.2) is 61.5 Å². The Kier molecular flexibility index (Phi) is 8.99. The number of ether oxygens (including phenoxy) is 2. The molecule has 0 aliphatic carbocycles. The van der Waals surface area contributed by atoms with Gasteiger partial charge in [-0.05, 0) is 47.5 Å². The van der Waals surface area contributed by atoms with Crippen LogP contribution in [0.25, 0.3) is 0 Å². The first-order valence-corrected chi connectivity index (χ1v) is 12.5. The number of amides is 1. The third kappa shape index (κ3) is 6.65. The summed E-state index contributed by atoms with van der Waals surface area (Å²) >= 11 is 12.3. The molecule has 4 rings (SSSR count). The maximum atomic E-state index is 12.9. The Morgan fingerprint density at radius 3 is 2.19 bits per heavy atom. The first-order valence-electron chi connectivity index (χ1n) is 11.7. The van der Waals surface area contributed by atoms with Gasteiger partial charge >= 0.3 is 5.97 Å². The van der Waals surface area contributed by atoms with Crippen LogP contribution in [0.15, 0.2) is 72.8 Å². The van der Waals surface area contributed by atoms with Gasteiger partial charge in [0.05, 0.1) is 36.0 Å². The molecule has 1 heterocycles. The number of carbonyl (C=O) groups excluding carboxylic acids is 2. The SMILES string of the molecule is COC(=O)c1ccc(CO[C@H](CN2CCN(C(=O)c3ccccc3Cl)CC2)c2ccc(Cl)cc2)cc1. The highest BCUT2D eigenvalue weighted by atomic mass is 35.5. The van der Waals surface area contributed by atoms with Crippen LogP contribution >= 0.6 is 23.2 Å². The zero-order chi connectivity index (χ0) is 25.5. The van der Waals surface area contributed by atoms with Crippen molar-refractivity contribution in [3.05, 3.63) is 105 Å². The van der Waals surface area contributed by atoms with E-state index in [2.05, 4.69) is 4.90 Å². The van der Waals surface area contributed by atoms with Crippen molar-refractivity contribution in [1.82, 2.24) is 9.80 Å². The Balaban J connectivity index is 1.39. The van der Waals surface area contributed by atoms with Crippen molar-refractivity contribution < 1.29 is 19.1 Å². The van der Waals surface area contributed by atoms with Crippen LogP contribution in [0.2, 0.25) is 10.0 Å². The van der Waals surface area contributed by atoms with Crippen molar-refractivity contribution in [2.45, 2.75) is 12.7 Å². The average molecular weight is 527 g/mol. The normalized spacial score (nSPS) is 14.9. The summed E-state index contributed by atoms with van der Waals surface area (Å²) in [5.41, 5.74) is 3.02. The molecule has 0 aromatic heterocycles. The van der Waals surface area contributed by atoms with Gasteiger partial charge in [-0.3, -0.25) is 9.69 Å². The molecule has 8 heteroatoms. The van der Waals surface area contributed by atoms with E-state index in [1.165, 1.54) is 7.11 Å². The van der Waals surface area contributed by atoms with Gasteiger partial charge in [0.1, 0.15) is 0 Å². The summed E-state index contributed by atoms with van der Waals surface area (Å²) in [4.78, 5) is 28.7. The monoisotopic (exact) mass is 526 g/mol. The Bertz CT molecular complexity index is 1180. The Morgan fingerprint density at radius 1 is 0.889 bits per heavy atom. The number of carbonyl (C=O) groups is 2. The summed E-state index contributed by atoms with van der Waals surface area (Å²) in [6, 6.07) is 22.0. The smallest absolute Gasteiger partial charge is 0.337 e. The topological polar surface area (TPSA) is 59.1 Å². The number of benzene rings is 3. The van der Waals surface area contributed by atoms with Gasteiger partial charge in [0.15, 0.2) is 0 Å². The molecule has 0 bridgehead atoms. The van der Waals surface area contributed by atoms with Crippen molar-refractivity contribution in [1.29, 1.82) is 0 Å². The molecule has 0 saturated carbocycles. The standard InChI is InChI=1S/C28H28Cl2N2O4/c1-35-28(34)22-8-6-20(7-9-22)19-36-26(21-10-12-23(29)13-11-21)18-31-14-16-32(17-15-31)27(33)24-4-2-3-5-25(24)30/h2-13,26H,14-19H2,1H3/t26-/m1/s1. The number of hydrogen-bond acceptors (Lipinski definition) is 5. The maximum Gasteiger partial charge on any atom is 0.337 e. The van der Waals surface area contributed by atoms with Crippen molar-refractivity contribution in [3.63, 3.8) is 0 Å². The fourth-order valence-electron chi connectivity index (χ4n) is 4.16. The maximum absolute atomic E-state index is 12.9. The van der Waals surface area contributed by atoms with Crippen LogP contribution in [0.1, 0.15) is 37.9 Å². The number of piperazine rings is 1. The Labute approximate surface area is 221 Å². The summed E-state index contributed by atoms with van der Waals surface area (Å²) in [5, 5.41) is 1.14. The van der Waals surface area contributed by atoms with E-state index in [9.17, 15) is 9.59 Å². The van der Waals surface area contributed by atoms with Crippen LogP contribution in [0.5, 0.6) is 0 Å². The second-order valence-corrected chi connectivity index (χ2v) is 9.46. The molecule has 1 amide bonds. The molecule has 0 spiro atoms. The first-order chi connectivity index (χ1) is 17.4. The summed E-state index contributed by atoms with van der Waals surface area (Å²) in [7, 11) is 1.36. The van der Waals surface area contributed by atoms with Crippen molar-refractivity contribution in [2.75, 3.05) is 39.8 Å². The molecule has 1 aliphatic heterocycles. The minimum Gasteiger partial charge on any atom is -0.465 e. The highest BCUT2D eigenvalue weighted by molar-refractivity contribution is 6.33. The Hall–Kier alpha value is -2.90. The number of esters is 1. The van der Waals surface area contributed by atoms with Crippen molar-refractivity contribution in [2.24, 2.45) is 0 Å². The minimum absolute atomic E-state index is 0.0406. The molecule has 188 valence electrons. The van der Waals surface area contributed by atoms with Crippen molar-refractivity contribution in [3.8, 4) is 0 Å².